The van der Waals surface area contributed by atoms with Crippen LogP contribution >= 0.6 is 0 Å². The highest BCUT2D eigenvalue weighted by Crippen LogP contribution is 2.40. The van der Waals surface area contributed by atoms with Crippen LogP contribution in [0, 0.1) is 0 Å². The molecule has 2 aromatic rings. The zero-order chi connectivity index (χ0) is 16.9. The molecule has 24 heavy (non-hydrogen) atoms. The van der Waals surface area contributed by atoms with Crippen LogP contribution in [0.3, 0.4) is 0 Å². The minimum atomic E-state index is -2.92. The molecule has 2 N–H and O–H groups in total. The molecule has 2 atom stereocenters. The molecule has 1 heterocycles. The largest absolute Gasteiger partial charge is 0.417 e. The monoisotopic (exact) mass is 333 g/mol. The molecule has 0 unspecified atom stereocenters. The molecular weight excluding hydrogens is 316 g/mol. The summed E-state index contributed by atoms with van der Waals surface area (Å²) in [7, 11) is 0. The van der Waals surface area contributed by atoms with Crippen LogP contribution in [0.15, 0.2) is 48.7 Å². The minimum absolute atomic E-state index is 0.127. The average molecular weight is 333 g/mol. The quantitative estimate of drug-likeness (QED) is 0.854. The minimum Gasteiger partial charge on any atom is -0.417 e. The highest BCUT2D eigenvalue weighted by Gasteiger charge is 2.39. The van der Waals surface area contributed by atoms with Crippen LogP contribution in [-0.2, 0) is 6.54 Å². The summed E-state index contributed by atoms with van der Waals surface area (Å²) in [6, 6.07) is 12.9. The van der Waals surface area contributed by atoms with Crippen molar-refractivity contribution in [1.29, 1.82) is 0 Å². The molecular formula is C17H17F2N3O2. The molecule has 1 aromatic heterocycles. The molecule has 126 valence electrons. The zero-order valence-corrected chi connectivity index (χ0v) is 12.8. The van der Waals surface area contributed by atoms with Crippen molar-refractivity contribution in [2.75, 3.05) is 0 Å². The third-order valence-electron chi connectivity index (χ3n) is 3.80. The molecule has 0 aliphatic heterocycles. The van der Waals surface area contributed by atoms with Crippen LogP contribution < -0.4 is 15.4 Å². The summed E-state index contributed by atoms with van der Waals surface area (Å²) in [5, 5.41) is 5.60. The molecule has 3 rings (SSSR count). The fraction of sp³-hybridized carbons (Fsp3) is 0.294. The summed E-state index contributed by atoms with van der Waals surface area (Å²) < 4.78 is 28.5. The summed E-state index contributed by atoms with van der Waals surface area (Å²) in [5.74, 6) is 0.181. The van der Waals surface area contributed by atoms with Gasteiger partial charge in [-0.1, -0.05) is 30.3 Å². The third kappa shape index (κ3) is 4.41. The Bertz CT molecular complexity index is 697. The van der Waals surface area contributed by atoms with E-state index in [0.717, 1.165) is 6.42 Å². The first kappa shape index (κ1) is 16.2. The lowest BCUT2D eigenvalue weighted by molar-refractivity contribution is -0.0529. The first-order chi connectivity index (χ1) is 11.6. The number of aromatic nitrogens is 1. The lowest BCUT2D eigenvalue weighted by Crippen LogP contribution is -2.36. The molecule has 0 spiro atoms. The van der Waals surface area contributed by atoms with Crippen molar-refractivity contribution >= 4 is 6.03 Å². The number of carbonyl (C=O) groups excluding carboxylic acids is 1. The van der Waals surface area contributed by atoms with Crippen molar-refractivity contribution in [3.63, 3.8) is 0 Å². The van der Waals surface area contributed by atoms with Gasteiger partial charge < -0.3 is 15.4 Å². The number of amides is 2. The second-order valence-corrected chi connectivity index (χ2v) is 5.57. The van der Waals surface area contributed by atoms with Gasteiger partial charge in [-0.15, -0.1) is 0 Å². The van der Waals surface area contributed by atoms with E-state index in [2.05, 4.69) is 20.4 Å². The van der Waals surface area contributed by atoms with E-state index >= 15 is 0 Å². The summed E-state index contributed by atoms with van der Waals surface area (Å²) in [4.78, 5) is 15.6. The van der Waals surface area contributed by atoms with Crippen LogP contribution in [0.5, 0.6) is 5.88 Å². The van der Waals surface area contributed by atoms with Crippen LogP contribution in [0.25, 0.3) is 0 Å². The lowest BCUT2D eigenvalue weighted by Gasteiger charge is -2.09. The van der Waals surface area contributed by atoms with Gasteiger partial charge in [-0.25, -0.2) is 9.78 Å². The summed E-state index contributed by atoms with van der Waals surface area (Å²) in [6.45, 7) is -2.72. The third-order valence-corrected chi connectivity index (χ3v) is 3.80. The van der Waals surface area contributed by atoms with E-state index in [4.69, 9.17) is 0 Å². The normalized spacial score (nSPS) is 19.0. The molecule has 5 nitrogen and oxygen atoms in total. The van der Waals surface area contributed by atoms with Crippen molar-refractivity contribution in [3.8, 4) is 5.88 Å². The molecule has 1 aliphatic carbocycles. The highest BCUT2D eigenvalue weighted by molar-refractivity contribution is 5.74. The Morgan fingerprint density at radius 3 is 2.83 bits per heavy atom. The molecule has 1 saturated carbocycles. The van der Waals surface area contributed by atoms with Crippen LogP contribution in [0.4, 0.5) is 13.6 Å². The number of halogens is 2. The van der Waals surface area contributed by atoms with E-state index in [0.29, 0.717) is 11.5 Å². The van der Waals surface area contributed by atoms with E-state index in [1.54, 1.807) is 6.07 Å². The Morgan fingerprint density at radius 2 is 2.08 bits per heavy atom. The number of alkyl halides is 2. The molecule has 0 bridgehead atoms. The van der Waals surface area contributed by atoms with Gasteiger partial charge >= 0.3 is 12.6 Å². The molecule has 2 amide bonds. The van der Waals surface area contributed by atoms with Crippen LogP contribution in [0.2, 0.25) is 0 Å². The molecule has 7 heteroatoms. The van der Waals surface area contributed by atoms with Crippen LogP contribution in [0.1, 0.15) is 23.5 Å². The number of benzene rings is 1. The maximum Gasteiger partial charge on any atom is 0.388 e. The predicted molar refractivity (Wildman–Crippen MR) is 83.8 cm³/mol. The van der Waals surface area contributed by atoms with E-state index in [-0.39, 0.29) is 24.5 Å². The molecule has 1 aliphatic rings. The number of urea groups is 1. The first-order valence-electron chi connectivity index (χ1n) is 7.61. The van der Waals surface area contributed by atoms with Crippen molar-refractivity contribution in [1.82, 2.24) is 15.6 Å². The Morgan fingerprint density at radius 1 is 1.29 bits per heavy atom. The first-order valence-corrected chi connectivity index (χ1v) is 7.61. The number of hydrogen-bond donors (Lipinski definition) is 2. The maximum atomic E-state index is 12.2. The molecule has 0 radical (unpaired) electrons. The summed E-state index contributed by atoms with van der Waals surface area (Å²) in [6.07, 6.45) is 2.28. The Hall–Kier alpha value is -2.70. The molecule has 1 fully saturated rings. The van der Waals surface area contributed by atoms with Gasteiger partial charge in [-0.05, 0) is 23.6 Å². The number of rotatable bonds is 6. The topological polar surface area (TPSA) is 63.2 Å². The van der Waals surface area contributed by atoms with Crippen molar-refractivity contribution in [2.45, 2.75) is 31.5 Å². The van der Waals surface area contributed by atoms with Gasteiger partial charge in [-0.2, -0.15) is 8.78 Å². The SMILES string of the molecule is O=C(NCc1ccnc(OC(F)F)c1)N[C@@H]1C[C@H]1c1ccccc1. The van der Waals surface area contributed by atoms with E-state index in [9.17, 15) is 13.6 Å². The van der Waals surface area contributed by atoms with Crippen molar-refractivity contribution in [3.05, 3.63) is 59.8 Å². The van der Waals surface area contributed by atoms with Gasteiger partial charge in [0, 0.05) is 30.8 Å². The molecule has 0 saturated heterocycles. The van der Waals surface area contributed by atoms with Gasteiger partial charge in [0.05, 0.1) is 0 Å². The van der Waals surface area contributed by atoms with Crippen molar-refractivity contribution in [2.24, 2.45) is 0 Å². The van der Waals surface area contributed by atoms with Gasteiger partial charge in [0.25, 0.3) is 0 Å². The summed E-state index contributed by atoms with van der Waals surface area (Å²) in [5.41, 5.74) is 1.84. The number of nitrogens with zero attached hydrogens (tertiary/aromatic N) is 1. The number of nitrogens with one attached hydrogen (secondary N) is 2. The Labute approximate surface area is 138 Å². The number of pyridine rings is 1. The highest BCUT2D eigenvalue weighted by atomic mass is 19.3. The van der Waals surface area contributed by atoms with Crippen molar-refractivity contribution < 1.29 is 18.3 Å². The van der Waals surface area contributed by atoms with Gasteiger partial charge in [0.2, 0.25) is 5.88 Å². The van der Waals surface area contributed by atoms with Gasteiger partial charge in [-0.3, -0.25) is 0 Å². The zero-order valence-electron chi connectivity index (χ0n) is 12.8. The van der Waals surface area contributed by atoms with E-state index < -0.39 is 6.61 Å². The average Bonchev–Trinajstić information content (AvgIpc) is 3.33. The fourth-order valence-electron chi connectivity index (χ4n) is 2.54. The standard InChI is InChI=1S/C17H17F2N3O2/c18-16(19)24-15-8-11(6-7-20-15)10-21-17(23)22-14-9-13(14)12-4-2-1-3-5-12/h1-8,13-14,16H,9-10H2,(H2,21,22,23)/t13-,14+/m0/s1. The van der Waals surface area contributed by atoms with Gasteiger partial charge in [0.1, 0.15) is 0 Å². The summed E-state index contributed by atoms with van der Waals surface area (Å²) >= 11 is 0. The fourth-order valence-corrected chi connectivity index (χ4v) is 2.54. The number of hydrogen-bond acceptors (Lipinski definition) is 3. The molecule has 1 aromatic carbocycles. The number of carbonyl (C=O) groups is 1. The van der Waals surface area contributed by atoms with E-state index in [1.165, 1.54) is 17.8 Å². The lowest BCUT2D eigenvalue weighted by atomic mass is 10.1. The smallest absolute Gasteiger partial charge is 0.388 e. The number of ether oxygens (including phenoxy) is 1. The Kier molecular flexibility index (Phi) is 4.88. The second kappa shape index (κ2) is 7.25. The van der Waals surface area contributed by atoms with E-state index in [1.807, 2.05) is 30.3 Å². The maximum absolute atomic E-state index is 12.2. The van der Waals surface area contributed by atoms with Gasteiger partial charge in [0.15, 0.2) is 0 Å². The predicted octanol–water partition coefficient (Wildman–Crippen LogP) is 3.04. The van der Waals surface area contributed by atoms with Crippen LogP contribution in [-0.4, -0.2) is 23.7 Å². The Balaban J connectivity index is 1.45. The second-order valence-electron chi connectivity index (χ2n) is 5.57.